The van der Waals surface area contributed by atoms with Gasteiger partial charge in [0, 0.05) is 0 Å². The van der Waals surface area contributed by atoms with Crippen LogP contribution in [0.5, 0.6) is 11.5 Å². The van der Waals surface area contributed by atoms with Crippen molar-refractivity contribution < 1.29 is 22.7 Å². The summed E-state index contributed by atoms with van der Waals surface area (Å²) >= 11 is 6.72. The van der Waals surface area contributed by atoms with Gasteiger partial charge in [0.1, 0.15) is 18.1 Å². The van der Waals surface area contributed by atoms with Gasteiger partial charge in [0.15, 0.2) is 0 Å². The zero-order valence-corrected chi connectivity index (χ0v) is 18.9. The maximum atomic E-state index is 12.6. The second kappa shape index (κ2) is 10.1. The molecule has 0 aliphatic heterocycles. The molecule has 164 valence electrons. The molecule has 1 heterocycles. The number of nitrogens with zero attached hydrogens (tertiary/aromatic N) is 2. The van der Waals surface area contributed by atoms with Crippen molar-refractivity contribution in [1.29, 1.82) is 0 Å². The third-order valence-electron chi connectivity index (χ3n) is 3.89. The van der Waals surface area contributed by atoms with E-state index in [2.05, 4.69) is 20.2 Å². The largest absolute Gasteiger partial charge is 0.497 e. The van der Waals surface area contributed by atoms with Gasteiger partial charge in [0.25, 0.3) is 15.9 Å². The zero-order chi connectivity index (χ0) is 22.4. The lowest BCUT2D eigenvalue weighted by Gasteiger charge is -2.14. The van der Waals surface area contributed by atoms with Gasteiger partial charge in [-0.05, 0) is 43.3 Å². The Bertz CT molecular complexity index is 1150. The molecule has 0 bridgehead atoms. The number of halogens is 1. The predicted molar refractivity (Wildman–Crippen MR) is 118 cm³/mol. The fraction of sp³-hybridized carbons (Fsp3) is 0.211. The molecular weight excluding hydrogens is 464 g/mol. The summed E-state index contributed by atoms with van der Waals surface area (Å²) in [6.45, 7) is 1.75. The Morgan fingerprint density at radius 3 is 2.48 bits per heavy atom. The number of rotatable bonds is 9. The Hall–Kier alpha value is -2.73. The van der Waals surface area contributed by atoms with E-state index in [4.69, 9.17) is 21.1 Å². The van der Waals surface area contributed by atoms with Crippen LogP contribution in [0.4, 0.5) is 5.13 Å². The van der Waals surface area contributed by atoms with Crippen LogP contribution in [0, 0.1) is 0 Å². The molecule has 9 nitrogen and oxygen atoms in total. The smallest absolute Gasteiger partial charge is 0.270 e. The minimum Gasteiger partial charge on any atom is -0.497 e. The second-order valence-electron chi connectivity index (χ2n) is 6.32. The maximum Gasteiger partial charge on any atom is 0.270 e. The van der Waals surface area contributed by atoms with Crippen molar-refractivity contribution in [1.82, 2.24) is 14.9 Å². The molecule has 2 N–H and O–H groups in total. The van der Waals surface area contributed by atoms with Crippen LogP contribution in [0.15, 0.2) is 52.9 Å². The van der Waals surface area contributed by atoms with Crippen molar-refractivity contribution in [3.8, 4) is 11.5 Å². The molecule has 0 fully saturated rings. The Morgan fingerprint density at radius 1 is 1.13 bits per heavy atom. The van der Waals surface area contributed by atoms with Crippen LogP contribution in [0.2, 0.25) is 5.02 Å². The summed E-state index contributed by atoms with van der Waals surface area (Å²) < 4.78 is 38.0. The number of hydrogen-bond acceptors (Lipinski definition) is 8. The van der Waals surface area contributed by atoms with Crippen LogP contribution >= 0.6 is 22.9 Å². The monoisotopic (exact) mass is 482 g/mol. The lowest BCUT2D eigenvalue weighted by atomic mass is 10.2. The Labute approximate surface area is 188 Å². The molecule has 2 aromatic carbocycles. The van der Waals surface area contributed by atoms with Crippen LogP contribution < -0.4 is 19.5 Å². The number of sulfonamides is 1. The number of methoxy groups -OCH3 is 1. The number of amides is 1. The summed E-state index contributed by atoms with van der Waals surface area (Å²) in [5.41, 5.74) is 0.242. The topological polar surface area (TPSA) is 120 Å². The Balaban J connectivity index is 1.58. The summed E-state index contributed by atoms with van der Waals surface area (Å²) in [7, 11) is -2.38. The first-order valence-electron chi connectivity index (χ1n) is 8.97. The number of carbonyl (C=O) groups excluding carboxylic acids is 1. The maximum absolute atomic E-state index is 12.6. The molecule has 0 saturated heterocycles. The quantitative estimate of drug-likeness (QED) is 0.449. The molecule has 12 heteroatoms. The first-order chi connectivity index (χ1) is 14.8. The van der Waals surface area contributed by atoms with E-state index < -0.39 is 22.0 Å². The molecule has 3 rings (SSSR count). The molecule has 1 atom stereocenters. The van der Waals surface area contributed by atoms with E-state index in [1.165, 1.54) is 0 Å². The molecule has 1 amide bonds. The van der Waals surface area contributed by atoms with E-state index in [1.54, 1.807) is 62.6 Å². The fourth-order valence-corrected chi connectivity index (χ4v) is 4.78. The number of hydrogen-bond donors (Lipinski definition) is 2. The van der Waals surface area contributed by atoms with Crippen LogP contribution in [0.3, 0.4) is 0 Å². The highest BCUT2D eigenvalue weighted by molar-refractivity contribution is 7.91. The highest BCUT2D eigenvalue weighted by Gasteiger charge is 2.24. The van der Waals surface area contributed by atoms with Crippen LogP contribution in [-0.4, -0.2) is 44.3 Å². The molecule has 0 aliphatic rings. The molecule has 0 saturated carbocycles. The van der Waals surface area contributed by atoms with Gasteiger partial charge in [-0.3, -0.25) is 10.1 Å². The van der Waals surface area contributed by atoms with E-state index in [0.29, 0.717) is 11.5 Å². The first kappa shape index (κ1) is 22.9. The summed E-state index contributed by atoms with van der Waals surface area (Å²) in [5.74, 6) is 0.752. The second-order valence-corrected chi connectivity index (χ2v) is 9.59. The number of nitrogens with one attached hydrogen (secondary N) is 2. The van der Waals surface area contributed by atoms with Crippen molar-refractivity contribution >= 4 is 44.0 Å². The van der Waals surface area contributed by atoms with E-state index >= 15 is 0 Å². The molecule has 31 heavy (non-hydrogen) atoms. The minimum absolute atomic E-state index is 0.0347. The summed E-state index contributed by atoms with van der Waals surface area (Å²) in [6.07, 6.45) is 0. The minimum atomic E-state index is -3.94. The molecule has 1 aromatic heterocycles. The van der Waals surface area contributed by atoms with Gasteiger partial charge >= 0.3 is 0 Å². The van der Waals surface area contributed by atoms with Gasteiger partial charge in [-0.15, -0.1) is 10.2 Å². The fourth-order valence-electron chi connectivity index (χ4n) is 2.42. The lowest BCUT2D eigenvalue weighted by Crippen LogP contribution is -2.36. The van der Waals surface area contributed by atoms with Crippen molar-refractivity contribution in [2.75, 3.05) is 19.0 Å². The third kappa shape index (κ3) is 6.14. The van der Waals surface area contributed by atoms with Gasteiger partial charge < -0.3 is 9.47 Å². The Kier molecular flexibility index (Phi) is 7.44. The van der Waals surface area contributed by atoms with Crippen LogP contribution in [0.25, 0.3) is 0 Å². The first-order valence-corrected chi connectivity index (χ1v) is 11.6. The lowest BCUT2D eigenvalue weighted by molar-refractivity contribution is 0.102. The van der Waals surface area contributed by atoms with E-state index in [0.717, 1.165) is 11.3 Å². The van der Waals surface area contributed by atoms with Crippen LogP contribution in [-0.2, 0) is 10.0 Å². The van der Waals surface area contributed by atoms with E-state index in [-0.39, 0.29) is 26.7 Å². The molecule has 0 unspecified atom stereocenters. The van der Waals surface area contributed by atoms with Crippen molar-refractivity contribution in [2.24, 2.45) is 0 Å². The number of anilines is 1. The zero-order valence-electron chi connectivity index (χ0n) is 16.5. The van der Waals surface area contributed by atoms with E-state index in [1.807, 2.05) is 0 Å². The van der Waals surface area contributed by atoms with Crippen molar-refractivity contribution in [2.45, 2.75) is 17.3 Å². The average Bonchev–Trinajstić information content (AvgIpc) is 3.22. The van der Waals surface area contributed by atoms with Gasteiger partial charge in [-0.2, -0.15) is 0 Å². The summed E-state index contributed by atoms with van der Waals surface area (Å²) in [5, 5.41) is 10.2. The van der Waals surface area contributed by atoms with Gasteiger partial charge in [0.2, 0.25) is 9.47 Å². The number of aromatic nitrogens is 2. The molecule has 0 aliphatic carbocycles. The van der Waals surface area contributed by atoms with Gasteiger partial charge in [0.05, 0.1) is 23.7 Å². The van der Waals surface area contributed by atoms with Crippen molar-refractivity contribution in [3.05, 3.63) is 59.1 Å². The standard InChI is InChI=1S/C19H19ClN4O5S2/c1-12(11-29-14-9-7-13(28-2)8-10-14)24-31(26,27)19-23-22-18(30-19)21-17(25)15-5-3-4-6-16(15)20/h3-10,12,24H,11H2,1-2H3,(H,21,22,25)/t12-/m1/s1. The van der Waals surface area contributed by atoms with Gasteiger partial charge in [-0.1, -0.05) is 35.1 Å². The summed E-state index contributed by atoms with van der Waals surface area (Å²) in [6, 6.07) is 12.9. The highest BCUT2D eigenvalue weighted by Crippen LogP contribution is 2.23. The van der Waals surface area contributed by atoms with Gasteiger partial charge in [-0.25, -0.2) is 13.1 Å². The highest BCUT2D eigenvalue weighted by atomic mass is 35.5. The summed E-state index contributed by atoms with van der Waals surface area (Å²) in [4.78, 5) is 12.3. The third-order valence-corrected chi connectivity index (χ3v) is 7.02. The molecule has 0 radical (unpaired) electrons. The molecular formula is C19H19ClN4O5S2. The SMILES string of the molecule is COc1ccc(OC[C@@H](C)NS(=O)(=O)c2nnc(NC(=O)c3ccccc3Cl)s2)cc1. The number of ether oxygens (including phenoxy) is 2. The molecule has 3 aromatic rings. The van der Waals surface area contributed by atoms with E-state index in [9.17, 15) is 13.2 Å². The van der Waals surface area contributed by atoms with Crippen molar-refractivity contribution in [3.63, 3.8) is 0 Å². The molecule has 0 spiro atoms. The predicted octanol–water partition coefficient (Wildman–Crippen LogP) is 3.20. The normalized spacial score (nSPS) is 12.2. The van der Waals surface area contributed by atoms with Crippen LogP contribution in [0.1, 0.15) is 17.3 Å². The number of carbonyl (C=O) groups is 1. The number of benzene rings is 2. The Morgan fingerprint density at radius 2 is 1.81 bits per heavy atom. The average molecular weight is 483 g/mol.